The van der Waals surface area contributed by atoms with Gasteiger partial charge in [-0.1, -0.05) is 41.5 Å². The van der Waals surface area contributed by atoms with E-state index in [9.17, 15) is 9.90 Å². The lowest BCUT2D eigenvalue weighted by Crippen LogP contribution is -2.49. The third-order valence-corrected chi connectivity index (χ3v) is 2.49. The number of nitrogens with one attached hydrogen (secondary N) is 1. The molecule has 2 N–H and O–H groups in total. The number of rotatable bonds is 3. The molecule has 0 bridgehead atoms. The fourth-order valence-electron chi connectivity index (χ4n) is 1.77. The first-order valence-corrected chi connectivity index (χ1v) is 5.88. The number of aliphatic hydroxyl groups is 1. The molecule has 0 aliphatic rings. The predicted octanol–water partition coefficient (Wildman–Crippen LogP) is 2.33. The highest BCUT2D eigenvalue weighted by Gasteiger charge is 2.33. The zero-order chi connectivity index (χ0) is 13.1. The highest BCUT2D eigenvalue weighted by Crippen LogP contribution is 2.29. The van der Waals surface area contributed by atoms with Gasteiger partial charge in [0.2, 0.25) is 5.91 Å². The van der Waals surface area contributed by atoms with Gasteiger partial charge in [-0.25, -0.2) is 0 Å². The monoisotopic (exact) mass is 229 g/mol. The average molecular weight is 229 g/mol. The van der Waals surface area contributed by atoms with E-state index in [-0.39, 0.29) is 22.8 Å². The van der Waals surface area contributed by atoms with Crippen molar-refractivity contribution < 1.29 is 9.90 Å². The van der Waals surface area contributed by atoms with Gasteiger partial charge in [-0.3, -0.25) is 4.79 Å². The molecule has 0 saturated carbocycles. The molecule has 96 valence electrons. The molecule has 0 aliphatic carbocycles. The minimum Gasteiger partial charge on any atom is -0.390 e. The second-order valence-electron chi connectivity index (χ2n) is 6.88. The summed E-state index contributed by atoms with van der Waals surface area (Å²) >= 11 is 0. The normalized spacial score (nSPS) is 16.8. The van der Waals surface area contributed by atoms with Crippen LogP contribution in [0.4, 0.5) is 0 Å². The maximum absolute atomic E-state index is 11.1. The van der Waals surface area contributed by atoms with Crippen molar-refractivity contribution in [3.8, 4) is 0 Å². The van der Waals surface area contributed by atoms with Crippen LogP contribution in [0.5, 0.6) is 0 Å². The summed E-state index contributed by atoms with van der Waals surface area (Å²) in [6.07, 6.45) is 0.237. The summed E-state index contributed by atoms with van der Waals surface area (Å²) in [5.74, 6) is -0.0856. The minimum atomic E-state index is -0.532. The first-order chi connectivity index (χ1) is 6.93. The van der Waals surface area contributed by atoms with Gasteiger partial charge in [0, 0.05) is 6.92 Å². The lowest BCUT2D eigenvalue weighted by molar-refractivity contribution is -0.121. The molecule has 0 aromatic rings. The smallest absolute Gasteiger partial charge is 0.217 e. The summed E-state index contributed by atoms with van der Waals surface area (Å²) < 4.78 is 0. The standard InChI is InChI=1S/C13H27NO2/c1-9(15)14-10(8-12(2,3)4)11(16)13(5,6)7/h10-11,16H,8H2,1-7H3,(H,14,15)/t10-,11?/m0/s1. The van der Waals surface area contributed by atoms with Crippen LogP contribution >= 0.6 is 0 Å². The lowest BCUT2D eigenvalue weighted by atomic mass is 9.78. The van der Waals surface area contributed by atoms with Gasteiger partial charge in [0.25, 0.3) is 0 Å². The van der Waals surface area contributed by atoms with E-state index in [1.165, 1.54) is 6.92 Å². The van der Waals surface area contributed by atoms with Crippen molar-refractivity contribution in [2.75, 3.05) is 0 Å². The Kier molecular flexibility index (Phi) is 4.99. The van der Waals surface area contributed by atoms with Crippen LogP contribution in [0.3, 0.4) is 0 Å². The number of hydrogen-bond donors (Lipinski definition) is 2. The molecule has 16 heavy (non-hydrogen) atoms. The molecule has 0 aliphatic heterocycles. The molecule has 1 unspecified atom stereocenters. The van der Waals surface area contributed by atoms with Gasteiger partial charge in [0.05, 0.1) is 12.1 Å². The molecule has 0 saturated heterocycles. The molecular weight excluding hydrogens is 202 g/mol. The second kappa shape index (κ2) is 5.17. The molecule has 0 rings (SSSR count). The number of aliphatic hydroxyl groups excluding tert-OH is 1. The minimum absolute atomic E-state index is 0.0827. The van der Waals surface area contributed by atoms with Crippen molar-refractivity contribution in [3.63, 3.8) is 0 Å². The van der Waals surface area contributed by atoms with E-state index in [4.69, 9.17) is 0 Å². The Labute approximate surface area is 99.6 Å². The van der Waals surface area contributed by atoms with E-state index in [0.29, 0.717) is 0 Å². The molecule has 0 radical (unpaired) electrons. The number of hydrogen-bond acceptors (Lipinski definition) is 2. The van der Waals surface area contributed by atoms with Crippen LogP contribution in [-0.4, -0.2) is 23.2 Å². The SMILES string of the molecule is CC(=O)N[C@@H](CC(C)(C)C)C(O)C(C)(C)C. The van der Waals surface area contributed by atoms with E-state index in [0.717, 1.165) is 6.42 Å². The van der Waals surface area contributed by atoms with Crippen molar-refractivity contribution in [2.24, 2.45) is 10.8 Å². The van der Waals surface area contributed by atoms with E-state index >= 15 is 0 Å². The summed E-state index contributed by atoms with van der Waals surface area (Å²) in [6, 6.07) is -0.183. The summed E-state index contributed by atoms with van der Waals surface area (Å²) in [6.45, 7) is 13.8. The van der Waals surface area contributed by atoms with E-state index < -0.39 is 6.10 Å². The second-order valence-corrected chi connectivity index (χ2v) is 6.88. The summed E-state index contributed by atoms with van der Waals surface area (Å²) in [5.41, 5.74) is -0.141. The van der Waals surface area contributed by atoms with E-state index in [2.05, 4.69) is 26.1 Å². The predicted molar refractivity (Wildman–Crippen MR) is 67.1 cm³/mol. The van der Waals surface area contributed by atoms with E-state index in [1.54, 1.807) is 0 Å². The highest BCUT2D eigenvalue weighted by atomic mass is 16.3. The average Bonchev–Trinajstić information content (AvgIpc) is 1.96. The van der Waals surface area contributed by atoms with Crippen molar-refractivity contribution in [1.29, 1.82) is 0 Å². The number of amides is 1. The Morgan fingerprint density at radius 3 is 1.88 bits per heavy atom. The highest BCUT2D eigenvalue weighted by molar-refractivity contribution is 5.73. The third-order valence-electron chi connectivity index (χ3n) is 2.49. The molecule has 0 fully saturated rings. The lowest BCUT2D eigenvalue weighted by Gasteiger charge is -2.36. The van der Waals surface area contributed by atoms with Crippen LogP contribution in [-0.2, 0) is 4.79 Å². The van der Waals surface area contributed by atoms with Crippen molar-refractivity contribution in [1.82, 2.24) is 5.32 Å². The molecular formula is C13H27NO2. The Bertz CT molecular complexity index is 235. The Morgan fingerprint density at radius 2 is 1.62 bits per heavy atom. The van der Waals surface area contributed by atoms with Gasteiger partial charge in [0.1, 0.15) is 0 Å². The Balaban J connectivity index is 4.74. The Hall–Kier alpha value is -0.570. The topological polar surface area (TPSA) is 49.3 Å². The zero-order valence-corrected chi connectivity index (χ0v) is 11.7. The van der Waals surface area contributed by atoms with Crippen molar-refractivity contribution >= 4 is 5.91 Å². The first kappa shape index (κ1) is 15.4. The number of carbonyl (C=O) groups excluding carboxylic acids is 1. The largest absolute Gasteiger partial charge is 0.390 e. The van der Waals surface area contributed by atoms with Gasteiger partial charge in [-0.15, -0.1) is 0 Å². The fraction of sp³-hybridized carbons (Fsp3) is 0.923. The van der Waals surface area contributed by atoms with Crippen LogP contribution in [0.1, 0.15) is 54.9 Å². The molecule has 3 heteroatoms. The van der Waals surface area contributed by atoms with Gasteiger partial charge in [-0.05, 0) is 17.3 Å². The molecule has 0 spiro atoms. The molecule has 0 heterocycles. The zero-order valence-electron chi connectivity index (χ0n) is 11.7. The maximum atomic E-state index is 11.1. The maximum Gasteiger partial charge on any atom is 0.217 e. The Morgan fingerprint density at radius 1 is 1.19 bits per heavy atom. The van der Waals surface area contributed by atoms with Gasteiger partial charge >= 0.3 is 0 Å². The number of carbonyl (C=O) groups is 1. The van der Waals surface area contributed by atoms with Crippen LogP contribution in [0.2, 0.25) is 0 Å². The van der Waals surface area contributed by atoms with E-state index in [1.807, 2.05) is 20.8 Å². The molecule has 3 nitrogen and oxygen atoms in total. The van der Waals surface area contributed by atoms with Crippen LogP contribution in [0.15, 0.2) is 0 Å². The van der Waals surface area contributed by atoms with Crippen molar-refractivity contribution in [3.05, 3.63) is 0 Å². The first-order valence-electron chi connectivity index (χ1n) is 5.88. The molecule has 2 atom stereocenters. The summed E-state index contributed by atoms with van der Waals surface area (Å²) in [5, 5.41) is 13.1. The van der Waals surface area contributed by atoms with Gasteiger partial charge in [-0.2, -0.15) is 0 Å². The van der Waals surface area contributed by atoms with Crippen molar-refractivity contribution in [2.45, 2.75) is 67.0 Å². The van der Waals surface area contributed by atoms with Gasteiger partial charge in [0.15, 0.2) is 0 Å². The van der Waals surface area contributed by atoms with Gasteiger partial charge < -0.3 is 10.4 Å². The third kappa shape index (κ3) is 6.11. The van der Waals surface area contributed by atoms with Crippen LogP contribution < -0.4 is 5.32 Å². The fourth-order valence-corrected chi connectivity index (χ4v) is 1.77. The van der Waals surface area contributed by atoms with Crippen LogP contribution in [0.25, 0.3) is 0 Å². The summed E-state index contributed by atoms with van der Waals surface area (Å²) in [4.78, 5) is 11.1. The quantitative estimate of drug-likeness (QED) is 0.780. The molecule has 0 aromatic carbocycles. The molecule has 0 aromatic heterocycles. The van der Waals surface area contributed by atoms with Crippen LogP contribution in [0, 0.1) is 10.8 Å². The molecule has 1 amide bonds. The summed E-state index contributed by atoms with van der Waals surface area (Å²) in [7, 11) is 0.